The molecular formula is C31H44N6O3S. The first kappa shape index (κ1) is 30.7. The molecule has 10 heteroatoms. The summed E-state index contributed by atoms with van der Waals surface area (Å²) >= 11 is 1.54. The number of piperidine rings is 1. The molecule has 41 heavy (non-hydrogen) atoms. The number of likely N-dealkylation sites (tertiary alicyclic amines) is 1. The van der Waals surface area contributed by atoms with Crippen LogP contribution in [0.1, 0.15) is 50.3 Å². The largest absolute Gasteiger partial charge is 0.492 e. The maximum Gasteiger partial charge on any atom is 0.226 e. The second-order valence-corrected chi connectivity index (χ2v) is 12.1. The van der Waals surface area contributed by atoms with E-state index >= 15 is 0 Å². The number of nitrogens with zero attached hydrogens (tertiary/aromatic N) is 3. The average Bonchev–Trinajstić information content (AvgIpc) is 2.94. The molecule has 1 aliphatic rings. The van der Waals surface area contributed by atoms with Crippen LogP contribution in [0.2, 0.25) is 0 Å². The monoisotopic (exact) mass is 580 g/mol. The predicted molar refractivity (Wildman–Crippen MR) is 170 cm³/mol. The van der Waals surface area contributed by atoms with Gasteiger partial charge < -0.3 is 34.5 Å². The predicted octanol–water partition coefficient (Wildman–Crippen LogP) is 6.67. The van der Waals surface area contributed by atoms with Gasteiger partial charge in [-0.2, -0.15) is 4.98 Å². The van der Waals surface area contributed by atoms with Gasteiger partial charge in [0.1, 0.15) is 12.5 Å². The van der Waals surface area contributed by atoms with Gasteiger partial charge >= 0.3 is 0 Å². The summed E-state index contributed by atoms with van der Waals surface area (Å²) in [6.07, 6.45) is 5.88. The fraction of sp³-hybridized carbons (Fsp3) is 0.484. The molecule has 1 aliphatic heterocycles. The Balaban J connectivity index is 1.37. The Morgan fingerprint density at radius 2 is 1.83 bits per heavy atom. The van der Waals surface area contributed by atoms with Gasteiger partial charge in [0.15, 0.2) is 5.75 Å². The second kappa shape index (κ2) is 14.1. The quantitative estimate of drug-likeness (QED) is 0.123. The van der Waals surface area contributed by atoms with Crippen molar-refractivity contribution in [1.29, 1.82) is 0 Å². The van der Waals surface area contributed by atoms with Gasteiger partial charge in [-0.15, -0.1) is 0 Å². The van der Waals surface area contributed by atoms with E-state index in [2.05, 4.69) is 76.2 Å². The molecule has 0 aliphatic carbocycles. The summed E-state index contributed by atoms with van der Waals surface area (Å²) in [6.45, 7) is 11.5. The molecule has 0 radical (unpaired) electrons. The number of hydrogen-bond donors (Lipinski definition) is 3. The molecule has 0 atom stereocenters. The van der Waals surface area contributed by atoms with Crippen LogP contribution in [0.5, 0.6) is 17.4 Å². The summed E-state index contributed by atoms with van der Waals surface area (Å²) in [5.41, 5.74) is 5.04. The third-order valence-corrected chi connectivity index (χ3v) is 7.58. The Labute approximate surface area is 248 Å². The van der Waals surface area contributed by atoms with Crippen molar-refractivity contribution in [3.8, 4) is 17.4 Å². The molecule has 0 bridgehead atoms. The highest BCUT2D eigenvalue weighted by Crippen LogP contribution is 2.39. The van der Waals surface area contributed by atoms with Crippen molar-refractivity contribution in [1.82, 2.24) is 14.9 Å². The highest BCUT2D eigenvalue weighted by Gasteiger charge is 2.20. The van der Waals surface area contributed by atoms with Gasteiger partial charge in [0, 0.05) is 24.6 Å². The summed E-state index contributed by atoms with van der Waals surface area (Å²) < 4.78 is 21.3. The lowest BCUT2D eigenvalue weighted by Gasteiger charge is -2.29. The lowest BCUT2D eigenvalue weighted by Crippen LogP contribution is -2.37. The van der Waals surface area contributed by atoms with Crippen molar-refractivity contribution in [3.05, 3.63) is 59.3 Å². The minimum Gasteiger partial charge on any atom is -0.492 e. The maximum atomic E-state index is 6.19. The first-order valence-corrected chi connectivity index (χ1v) is 15.3. The molecule has 0 saturated carbocycles. The van der Waals surface area contributed by atoms with Crippen LogP contribution in [-0.4, -0.2) is 61.1 Å². The van der Waals surface area contributed by atoms with E-state index in [0.717, 1.165) is 59.9 Å². The smallest absolute Gasteiger partial charge is 0.226 e. The number of rotatable bonds is 12. The Morgan fingerprint density at radius 3 is 2.54 bits per heavy atom. The molecule has 1 saturated heterocycles. The molecule has 4 rings (SSSR count). The van der Waals surface area contributed by atoms with Crippen LogP contribution in [0.3, 0.4) is 0 Å². The van der Waals surface area contributed by atoms with Crippen LogP contribution in [-0.2, 0) is 16.8 Å². The lowest BCUT2D eigenvalue weighted by molar-refractivity contribution is 0.138. The second-order valence-electron chi connectivity index (χ2n) is 11.5. The maximum absolute atomic E-state index is 6.19. The molecule has 0 unspecified atom stereocenters. The summed E-state index contributed by atoms with van der Waals surface area (Å²) in [4.78, 5) is 11.3. The molecule has 3 N–H and O–H groups in total. The number of hydrogen-bond acceptors (Lipinski definition) is 10. The highest BCUT2D eigenvalue weighted by atomic mass is 32.2. The van der Waals surface area contributed by atoms with Gasteiger partial charge in [-0.05, 0) is 80.2 Å². The molecule has 9 nitrogen and oxygen atoms in total. The van der Waals surface area contributed by atoms with Crippen LogP contribution < -0.4 is 24.8 Å². The standard InChI is InChI=1S/C31H44N6O3S/c1-21-8-9-22(16-27(21)40-28-10-13-32-30(35-28)34-24-11-14-37(5)15-12-24)19-39-20-33-25-17-23(31(2,3)4)18-26(36-41-7)29(25)38-6/h8-10,13,16-18,24,33,36H,11-12,14-15,19-20H2,1-7H3,(H,32,34,35). The van der Waals surface area contributed by atoms with Crippen molar-refractivity contribution in [3.63, 3.8) is 0 Å². The molecule has 2 aromatic carbocycles. The van der Waals surface area contributed by atoms with Crippen molar-refractivity contribution in [2.75, 3.05) is 55.6 Å². The summed E-state index contributed by atoms with van der Waals surface area (Å²) in [5, 5.41) is 6.86. The number of anilines is 3. The summed E-state index contributed by atoms with van der Waals surface area (Å²) in [6, 6.07) is 12.5. The molecule has 222 valence electrons. The fourth-order valence-electron chi connectivity index (χ4n) is 4.66. The van der Waals surface area contributed by atoms with Gasteiger partial charge in [0.2, 0.25) is 11.8 Å². The first-order chi connectivity index (χ1) is 19.7. The Morgan fingerprint density at radius 1 is 1.07 bits per heavy atom. The first-order valence-electron chi connectivity index (χ1n) is 14.0. The summed E-state index contributed by atoms with van der Waals surface area (Å²) in [7, 11) is 3.84. The normalized spacial score (nSPS) is 14.5. The lowest BCUT2D eigenvalue weighted by atomic mass is 9.86. The fourth-order valence-corrected chi connectivity index (χ4v) is 5.03. The van der Waals surface area contributed by atoms with Crippen LogP contribution in [0.25, 0.3) is 0 Å². The van der Waals surface area contributed by atoms with E-state index in [4.69, 9.17) is 14.2 Å². The molecule has 2 heterocycles. The van der Waals surface area contributed by atoms with E-state index in [1.54, 1.807) is 19.4 Å². The number of aryl methyl sites for hydroxylation is 1. The van der Waals surface area contributed by atoms with Gasteiger partial charge in [0.25, 0.3) is 0 Å². The Bertz CT molecular complexity index is 1290. The van der Waals surface area contributed by atoms with E-state index in [0.29, 0.717) is 31.2 Å². The molecule has 1 fully saturated rings. The number of aromatic nitrogens is 2. The molecule has 0 spiro atoms. The van der Waals surface area contributed by atoms with Gasteiger partial charge in [0.05, 0.1) is 25.1 Å². The van der Waals surface area contributed by atoms with Gasteiger partial charge in [-0.1, -0.05) is 44.9 Å². The Hall–Kier alpha value is -3.21. The van der Waals surface area contributed by atoms with E-state index in [1.807, 2.05) is 25.3 Å². The van der Waals surface area contributed by atoms with Crippen molar-refractivity contribution in [2.45, 2.75) is 58.6 Å². The van der Waals surface area contributed by atoms with Gasteiger partial charge in [-0.3, -0.25) is 0 Å². The minimum atomic E-state index is -0.00983. The Kier molecular flexibility index (Phi) is 10.6. The van der Waals surface area contributed by atoms with Crippen molar-refractivity contribution < 1.29 is 14.2 Å². The number of benzene rings is 2. The number of ether oxygens (including phenoxy) is 3. The van der Waals surface area contributed by atoms with Crippen LogP contribution in [0.4, 0.5) is 17.3 Å². The minimum absolute atomic E-state index is 0.00983. The molecule has 0 amide bonds. The van der Waals surface area contributed by atoms with E-state index in [1.165, 1.54) is 17.5 Å². The van der Waals surface area contributed by atoms with Crippen molar-refractivity contribution in [2.24, 2.45) is 0 Å². The average molecular weight is 581 g/mol. The molecule has 1 aromatic heterocycles. The molecule has 3 aromatic rings. The molecular weight excluding hydrogens is 536 g/mol. The van der Waals surface area contributed by atoms with Crippen LogP contribution in [0, 0.1) is 6.92 Å². The third kappa shape index (κ3) is 8.64. The zero-order valence-corrected chi connectivity index (χ0v) is 26.2. The van der Waals surface area contributed by atoms with E-state index < -0.39 is 0 Å². The van der Waals surface area contributed by atoms with E-state index in [-0.39, 0.29) is 5.41 Å². The number of nitrogens with one attached hydrogen (secondary N) is 3. The third-order valence-electron chi connectivity index (χ3n) is 7.15. The SMILES string of the molecule is COc1c(NCOCc2ccc(C)c(Oc3ccnc(NC4CCN(C)CC4)n3)c2)cc(C(C)(C)C)cc1NSC. The van der Waals surface area contributed by atoms with Crippen LogP contribution >= 0.6 is 11.9 Å². The topological polar surface area (TPSA) is 92.8 Å². The van der Waals surface area contributed by atoms with E-state index in [9.17, 15) is 0 Å². The summed E-state index contributed by atoms with van der Waals surface area (Å²) in [5.74, 6) is 2.62. The zero-order valence-electron chi connectivity index (χ0n) is 25.3. The van der Waals surface area contributed by atoms with Gasteiger partial charge in [-0.25, -0.2) is 4.98 Å². The van der Waals surface area contributed by atoms with Crippen molar-refractivity contribution >= 4 is 29.3 Å². The highest BCUT2D eigenvalue weighted by molar-refractivity contribution is 7.99. The van der Waals surface area contributed by atoms with Crippen LogP contribution in [0.15, 0.2) is 42.6 Å². The zero-order chi connectivity index (χ0) is 29.4. The number of methoxy groups -OCH3 is 1.